The number of ether oxygens (including phenoxy) is 10. The van der Waals surface area contributed by atoms with Crippen LogP contribution in [0, 0.1) is 6.92 Å². The number of aryl methyl sites for hydroxylation is 1. The molecule has 0 amide bonds. The summed E-state index contributed by atoms with van der Waals surface area (Å²) in [5, 5.41) is 45.2. The van der Waals surface area contributed by atoms with E-state index in [1.54, 1.807) is 13.0 Å². The first-order valence-electron chi connectivity index (χ1n) is 16.9. The lowest BCUT2D eigenvalue weighted by atomic mass is 9.77. The number of methoxy groups -OCH3 is 3. The van der Waals surface area contributed by atoms with Crippen molar-refractivity contribution in [1.82, 2.24) is 0 Å². The number of phenolic OH excluding ortho intramolecular Hbond substituents is 1. The standard InChI is InChI=1S/C35H40O17/c1-12-8-16-22(26(41)24-23(27(16)43-5)17(38)9-18(39)25(24)40)28-21(12)29-30-34(50-28,32(11-46-32)35(51-29,52-30)31(44-6)45-7)49-20-10-19(48-15(4)37)33(42,13(2)36)14(3)47-20/h8,14,17-20,29-31,38-39,41-42H,9-11H2,1-7H3/t14?,17-,18-,19?,20?,29?,30?,32-,33?,34+,35?/m0/s1. The van der Waals surface area contributed by atoms with E-state index in [0.29, 0.717) is 11.1 Å². The number of esters is 1. The van der Waals surface area contributed by atoms with E-state index in [1.807, 2.05) is 0 Å². The van der Waals surface area contributed by atoms with Gasteiger partial charge in [-0.05, 0) is 32.4 Å². The van der Waals surface area contributed by atoms with Gasteiger partial charge in [-0.25, -0.2) is 0 Å². The maximum Gasteiger partial charge on any atom is 0.303 e. The van der Waals surface area contributed by atoms with Gasteiger partial charge in [-0.2, -0.15) is 0 Å². The molecule has 4 saturated heterocycles. The number of carbonyl (C=O) groups excluding carboxylic acids is 3. The van der Waals surface area contributed by atoms with Crippen molar-refractivity contribution in [1.29, 1.82) is 0 Å². The summed E-state index contributed by atoms with van der Waals surface area (Å²) in [5.74, 6) is -6.55. The summed E-state index contributed by atoms with van der Waals surface area (Å²) in [6.45, 7) is 5.43. The molecule has 17 nitrogen and oxygen atoms in total. The summed E-state index contributed by atoms with van der Waals surface area (Å²) in [6, 6.07) is 1.69. The molecule has 1 aliphatic carbocycles. The topological polar surface area (TPSA) is 228 Å². The van der Waals surface area contributed by atoms with Crippen LogP contribution in [0.3, 0.4) is 0 Å². The molecule has 2 bridgehead atoms. The molecule has 7 unspecified atom stereocenters. The second-order valence-corrected chi connectivity index (χ2v) is 14.1. The minimum Gasteiger partial charge on any atom is -0.506 e. The number of carbonyl (C=O) groups is 3. The molecule has 52 heavy (non-hydrogen) atoms. The fourth-order valence-electron chi connectivity index (χ4n) is 9.04. The molecular formula is C35H40O17. The number of epoxide rings is 1. The van der Waals surface area contributed by atoms with E-state index in [0.717, 1.165) is 13.8 Å². The molecule has 4 fully saturated rings. The van der Waals surface area contributed by atoms with Crippen LogP contribution < -0.4 is 9.47 Å². The van der Waals surface area contributed by atoms with E-state index in [2.05, 4.69) is 0 Å². The Morgan fingerprint density at radius 1 is 1.04 bits per heavy atom. The highest BCUT2D eigenvalue weighted by Gasteiger charge is 2.94. The Kier molecular flexibility index (Phi) is 7.86. The molecule has 2 aromatic rings. The molecule has 2 aromatic carbocycles. The maximum atomic E-state index is 13.4. The number of aliphatic hydroxyl groups excluding tert-OH is 2. The molecule has 17 heteroatoms. The third-order valence-corrected chi connectivity index (χ3v) is 11.4. The number of Topliss-reactive ketones (excluding diaryl/α,β-unsaturated/α-hetero) is 2. The number of aliphatic hydroxyl groups is 3. The molecule has 1 spiro atoms. The van der Waals surface area contributed by atoms with Crippen molar-refractivity contribution in [3.05, 3.63) is 28.3 Å². The first kappa shape index (κ1) is 35.5. The van der Waals surface area contributed by atoms with Crippen LogP contribution in [0.1, 0.15) is 72.9 Å². The van der Waals surface area contributed by atoms with Crippen LogP contribution in [0.5, 0.6) is 17.2 Å². The van der Waals surface area contributed by atoms with Crippen LogP contribution in [0.4, 0.5) is 0 Å². The zero-order valence-corrected chi connectivity index (χ0v) is 29.4. The highest BCUT2D eigenvalue weighted by molar-refractivity contribution is 6.13. The normalized spacial score (nSPS) is 39.8. The van der Waals surface area contributed by atoms with Crippen molar-refractivity contribution >= 4 is 28.3 Å². The van der Waals surface area contributed by atoms with Gasteiger partial charge in [-0.15, -0.1) is 0 Å². The number of benzene rings is 2. The number of rotatable bonds is 8. The van der Waals surface area contributed by atoms with Gasteiger partial charge in [0, 0.05) is 50.5 Å². The molecule has 0 saturated carbocycles. The molecule has 0 aromatic heterocycles. The largest absolute Gasteiger partial charge is 0.506 e. The average Bonchev–Trinajstić information content (AvgIpc) is 3.75. The Balaban J connectivity index is 1.35. The summed E-state index contributed by atoms with van der Waals surface area (Å²) in [7, 11) is 4.13. The molecule has 5 heterocycles. The average molecular weight is 733 g/mol. The van der Waals surface area contributed by atoms with Gasteiger partial charge in [0.1, 0.15) is 35.6 Å². The van der Waals surface area contributed by atoms with E-state index >= 15 is 0 Å². The van der Waals surface area contributed by atoms with Crippen molar-refractivity contribution < 1.29 is 82.2 Å². The lowest BCUT2D eigenvalue weighted by Crippen LogP contribution is -2.72. The van der Waals surface area contributed by atoms with Crippen LogP contribution in [-0.4, -0.2) is 126 Å². The number of aromatic hydroxyl groups is 1. The van der Waals surface area contributed by atoms with Gasteiger partial charge in [0.2, 0.25) is 11.9 Å². The molecule has 6 aliphatic rings. The number of ketones is 2. The second-order valence-electron chi connectivity index (χ2n) is 14.1. The highest BCUT2D eigenvalue weighted by Crippen LogP contribution is 2.72. The number of phenols is 1. The van der Waals surface area contributed by atoms with Crippen LogP contribution in [-0.2, 0) is 47.5 Å². The van der Waals surface area contributed by atoms with Crippen LogP contribution in [0.15, 0.2) is 6.07 Å². The lowest BCUT2D eigenvalue weighted by molar-refractivity contribution is -0.385. The van der Waals surface area contributed by atoms with Crippen molar-refractivity contribution in [2.45, 2.75) is 113 Å². The molecular weight excluding hydrogens is 692 g/mol. The molecule has 11 atom stereocenters. The summed E-state index contributed by atoms with van der Waals surface area (Å²) in [4.78, 5) is 38.3. The van der Waals surface area contributed by atoms with Crippen LogP contribution in [0.25, 0.3) is 10.8 Å². The number of fused-ring (bicyclic) bond motifs is 8. The van der Waals surface area contributed by atoms with Gasteiger partial charge in [0.05, 0.1) is 36.9 Å². The van der Waals surface area contributed by atoms with E-state index in [1.165, 1.54) is 28.3 Å². The SMILES string of the molecule is COc1c2c(c(O)c3c4c(c(C)cc13)C1OC3(C(OC)OC)OC1[C@@](OC1CC(OC(C)=O)C(O)(C(C)=O)C(C)O1)(O4)[C@@]31CO1)C(=O)[C@@H](O)C[C@@H]2O. The van der Waals surface area contributed by atoms with E-state index in [9.17, 15) is 34.8 Å². The molecule has 5 aliphatic heterocycles. The quantitative estimate of drug-likeness (QED) is 0.168. The first-order valence-corrected chi connectivity index (χ1v) is 16.9. The van der Waals surface area contributed by atoms with Crippen LogP contribution in [0.2, 0.25) is 0 Å². The zero-order valence-electron chi connectivity index (χ0n) is 29.4. The fourth-order valence-corrected chi connectivity index (χ4v) is 9.04. The Hall–Kier alpha value is -3.49. The van der Waals surface area contributed by atoms with Crippen molar-refractivity contribution in [3.63, 3.8) is 0 Å². The minimum absolute atomic E-state index is 0.00167. The predicted octanol–water partition coefficient (Wildman–Crippen LogP) is 0.889. The Bertz CT molecular complexity index is 1900. The third-order valence-electron chi connectivity index (χ3n) is 11.4. The van der Waals surface area contributed by atoms with Gasteiger partial charge in [0.15, 0.2) is 29.6 Å². The summed E-state index contributed by atoms with van der Waals surface area (Å²) in [6.07, 6.45) is -10.9. The molecule has 282 valence electrons. The predicted molar refractivity (Wildman–Crippen MR) is 169 cm³/mol. The first-order chi connectivity index (χ1) is 24.6. The van der Waals surface area contributed by atoms with E-state index in [4.69, 9.17) is 47.4 Å². The third kappa shape index (κ3) is 4.20. The van der Waals surface area contributed by atoms with Gasteiger partial charge in [-0.3, -0.25) is 14.4 Å². The van der Waals surface area contributed by atoms with E-state index in [-0.39, 0.29) is 52.8 Å². The highest BCUT2D eigenvalue weighted by atomic mass is 16.9. The number of hydrogen-bond donors (Lipinski definition) is 4. The minimum atomic E-state index is -2.21. The van der Waals surface area contributed by atoms with Gasteiger partial charge >= 0.3 is 5.97 Å². The lowest BCUT2D eigenvalue weighted by Gasteiger charge is -2.52. The molecule has 0 radical (unpaired) electrons. The zero-order chi connectivity index (χ0) is 37.4. The van der Waals surface area contributed by atoms with Crippen LogP contribution >= 0.6 is 0 Å². The van der Waals surface area contributed by atoms with Crippen molar-refractivity contribution in [2.75, 3.05) is 27.9 Å². The molecule has 4 N–H and O–H groups in total. The fraction of sp³-hybridized carbons (Fsp3) is 0.629. The van der Waals surface area contributed by atoms with Gasteiger partial charge in [-0.1, -0.05) is 0 Å². The van der Waals surface area contributed by atoms with Crippen molar-refractivity contribution in [2.24, 2.45) is 0 Å². The summed E-state index contributed by atoms with van der Waals surface area (Å²) in [5.41, 5.74) is -3.15. The summed E-state index contributed by atoms with van der Waals surface area (Å²) >= 11 is 0. The molecule has 8 rings (SSSR count). The van der Waals surface area contributed by atoms with Crippen molar-refractivity contribution in [3.8, 4) is 17.2 Å². The maximum absolute atomic E-state index is 13.4. The summed E-state index contributed by atoms with van der Waals surface area (Å²) < 4.78 is 62.0. The smallest absolute Gasteiger partial charge is 0.303 e. The van der Waals surface area contributed by atoms with Gasteiger partial charge in [0.25, 0.3) is 11.6 Å². The Morgan fingerprint density at radius 3 is 2.33 bits per heavy atom. The van der Waals surface area contributed by atoms with Gasteiger partial charge < -0.3 is 67.8 Å². The Labute approximate surface area is 296 Å². The second kappa shape index (κ2) is 11.5. The Morgan fingerprint density at radius 2 is 1.73 bits per heavy atom. The number of hydrogen-bond acceptors (Lipinski definition) is 17. The monoisotopic (exact) mass is 732 g/mol. The van der Waals surface area contributed by atoms with E-state index < -0.39 is 95.3 Å².